The third-order valence-corrected chi connectivity index (χ3v) is 5.97. The summed E-state index contributed by atoms with van der Waals surface area (Å²) >= 11 is 0. The number of piperidine rings is 2. The fourth-order valence-corrected chi connectivity index (χ4v) is 4.65. The highest BCUT2D eigenvalue weighted by Gasteiger charge is 2.38. The first kappa shape index (κ1) is 16.4. The highest BCUT2D eigenvalue weighted by Crippen LogP contribution is 2.25. The second-order valence-electron chi connectivity index (χ2n) is 6.34. The Hall–Kier alpha value is -1.48. The van der Waals surface area contributed by atoms with Crippen molar-refractivity contribution in [2.45, 2.75) is 44.2 Å². The van der Waals surface area contributed by atoms with Crippen LogP contribution in [-0.2, 0) is 14.8 Å². The molecular formula is C14H23N5O3S. The number of likely N-dealkylation sites (tertiary alicyclic amines) is 1. The summed E-state index contributed by atoms with van der Waals surface area (Å²) in [5.41, 5.74) is 0. The maximum absolute atomic E-state index is 12.9. The van der Waals surface area contributed by atoms with Gasteiger partial charge in [0, 0.05) is 19.6 Å². The maximum Gasteiger partial charge on any atom is 0.241 e. The van der Waals surface area contributed by atoms with Crippen LogP contribution in [0.25, 0.3) is 0 Å². The molecule has 2 aliphatic heterocycles. The summed E-state index contributed by atoms with van der Waals surface area (Å²) in [6.07, 6.45) is 8.51. The number of hydrogen-bond donors (Lipinski definition) is 0. The Morgan fingerprint density at radius 1 is 1.17 bits per heavy atom. The van der Waals surface area contributed by atoms with Crippen LogP contribution >= 0.6 is 0 Å². The summed E-state index contributed by atoms with van der Waals surface area (Å²) in [6.45, 7) is 1.68. The molecule has 0 radical (unpaired) electrons. The Bertz CT molecular complexity index is 645. The molecule has 1 aromatic heterocycles. The fourth-order valence-electron chi connectivity index (χ4n) is 3.54. The van der Waals surface area contributed by atoms with Gasteiger partial charge in [-0.2, -0.15) is 9.40 Å². The average molecular weight is 341 g/mol. The van der Waals surface area contributed by atoms with Gasteiger partial charge in [0.15, 0.2) is 0 Å². The van der Waals surface area contributed by atoms with Gasteiger partial charge >= 0.3 is 0 Å². The summed E-state index contributed by atoms with van der Waals surface area (Å²) in [5, 5.41) is 4.16. The lowest BCUT2D eigenvalue weighted by atomic mass is 10.0. The van der Waals surface area contributed by atoms with Crippen LogP contribution in [0, 0.1) is 0 Å². The zero-order valence-corrected chi connectivity index (χ0v) is 14.2. The highest BCUT2D eigenvalue weighted by molar-refractivity contribution is 7.88. The zero-order valence-electron chi connectivity index (χ0n) is 13.3. The number of aromatic nitrogens is 3. The third-order valence-electron chi connectivity index (χ3n) is 4.68. The molecule has 3 rings (SSSR count). The van der Waals surface area contributed by atoms with E-state index in [1.807, 2.05) is 0 Å². The first-order valence-corrected chi connectivity index (χ1v) is 9.91. The largest absolute Gasteiger partial charge is 0.339 e. The zero-order chi connectivity index (χ0) is 16.4. The monoisotopic (exact) mass is 341 g/mol. The van der Waals surface area contributed by atoms with E-state index in [2.05, 4.69) is 10.1 Å². The highest BCUT2D eigenvalue weighted by atomic mass is 32.2. The summed E-state index contributed by atoms with van der Waals surface area (Å²) in [7, 11) is -3.36. The second-order valence-corrected chi connectivity index (χ2v) is 8.28. The third kappa shape index (κ3) is 3.55. The van der Waals surface area contributed by atoms with Crippen LogP contribution in [0.4, 0.5) is 0 Å². The molecule has 0 unspecified atom stereocenters. The molecule has 1 amide bonds. The SMILES string of the molecule is CS(=O)(=O)N1CCCC[C@H]1C(=O)N1CCC[C@H](n2cncn2)C1. The molecule has 0 spiro atoms. The molecule has 2 atom stereocenters. The summed E-state index contributed by atoms with van der Waals surface area (Å²) in [6, 6.07) is -0.432. The standard InChI is InChI=1S/C14H23N5O3S/c1-23(21,22)19-8-3-2-6-13(19)14(20)17-7-4-5-12(9-17)18-11-15-10-16-18/h10-13H,2-9H2,1H3/t12-,13-/m0/s1. The Morgan fingerprint density at radius 2 is 2.00 bits per heavy atom. The quantitative estimate of drug-likeness (QED) is 0.787. The summed E-state index contributed by atoms with van der Waals surface area (Å²) in [5.74, 6) is -0.0695. The van der Waals surface area contributed by atoms with Gasteiger partial charge in [0.1, 0.15) is 18.7 Å². The van der Waals surface area contributed by atoms with Crippen molar-refractivity contribution in [1.82, 2.24) is 24.0 Å². The summed E-state index contributed by atoms with van der Waals surface area (Å²) < 4.78 is 27.1. The molecule has 128 valence electrons. The molecular weight excluding hydrogens is 318 g/mol. The molecule has 1 aromatic rings. The van der Waals surface area contributed by atoms with Crippen LogP contribution in [0.1, 0.15) is 38.1 Å². The lowest BCUT2D eigenvalue weighted by Crippen LogP contribution is -2.54. The lowest BCUT2D eigenvalue weighted by Gasteiger charge is -2.39. The van der Waals surface area contributed by atoms with E-state index >= 15 is 0 Å². The van der Waals surface area contributed by atoms with Crippen LogP contribution in [-0.4, -0.2) is 70.2 Å². The van der Waals surface area contributed by atoms with Crippen molar-refractivity contribution >= 4 is 15.9 Å². The topological polar surface area (TPSA) is 88.4 Å². The Labute approximate surface area is 136 Å². The van der Waals surface area contributed by atoms with Gasteiger partial charge in [-0.25, -0.2) is 18.1 Å². The van der Waals surface area contributed by atoms with E-state index in [9.17, 15) is 13.2 Å². The van der Waals surface area contributed by atoms with Crippen molar-refractivity contribution in [3.8, 4) is 0 Å². The van der Waals surface area contributed by atoms with Crippen molar-refractivity contribution in [3.63, 3.8) is 0 Å². The van der Waals surface area contributed by atoms with E-state index in [-0.39, 0.29) is 11.9 Å². The minimum atomic E-state index is -3.36. The van der Waals surface area contributed by atoms with Crippen molar-refractivity contribution < 1.29 is 13.2 Å². The van der Waals surface area contributed by atoms with Crippen LogP contribution in [0.3, 0.4) is 0 Å². The fraction of sp³-hybridized carbons (Fsp3) is 0.786. The number of carbonyl (C=O) groups is 1. The molecule has 0 aromatic carbocycles. The van der Waals surface area contributed by atoms with E-state index in [0.29, 0.717) is 26.1 Å². The molecule has 0 saturated carbocycles. The number of amides is 1. The van der Waals surface area contributed by atoms with Gasteiger partial charge < -0.3 is 4.90 Å². The van der Waals surface area contributed by atoms with Crippen molar-refractivity contribution in [3.05, 3.63) is 12.7 Å². The van der Waals surface area contributed by atoms with Gasteiger partial charge in [-0.05, 0) is 25.7 Å². The van der Waals surface area contributed by atoms with E-state index < -0.39 is 16.1 Å². The number of nitrogens with zero attached hydrogens (tertiary/aromatic N) is 5. The first-order valence-electron chi connectivity index (χ1n) is 8.06. The van der Waals surface area contributed by atoms with Crippen LogP contribution < -0.4 is 0 Å². The van der Waals surface area contributed by atoms with E-state index in [1.54, 1.807) is 15.9 Å². The minimum Gasteiger partial charge on any atom is -0.339 e. The predicted octanol–water partition coefficient (Wildman–Crippen LogP) is 0.256. The Kier molecular flexibility index (Phi) is 4.67. The molecule has 9 heteroatoms. The van der Waals surface area contributed by atoms with Crippen molar-refractivity contribution in [2.24, 2.45) is 0 Å². The van der Waals surface area contributed by atoms with Gasteiger partial charge in [0.25, 0.3) is 0 Å². The van der Waals surface area contributed by atoms with Gasteiger partial charge in [0.2, 0.25) is 15.9 Å². The van der Waals surface area contributed by atoms with Gasteiger partial charge in [0.05, 0.1) is 12.3 Å². The Morgan fingerprint density at radius 3 is 2.70 bits per heavy atom. The van der Waals surface area contributed by atoms with Gasteiger partial charge in [-0.3, -0.25) is 4.79 Å². The van der Waals surface area contributed by atoms with Crippen LogP contribution in [0.5, 0.6) is 0 Å². The van der Waals surface area contributed by atoms with Crippen molar-refractivity contribution in [1.29, 1.82) is 0 Å². The molecule has 0 N–H and O–H groups in total. The number of carbonyl (C=O) groups excluding carboxylic acids is 1. The van der Waals surface area contributed by atoms with Gasteiger partial charge in [-0.1, -0.05) is 6.42 Å². The second kappa shape index (κ2) is 6.56. The number of sulfonamides is 1. The molecule has 8 nitrogen and oxygen atoms in total. The normalized spacial score (nSPS) is 27.1. The first-order chi connectivity index (χ1) is 11.0. The Balaban J connectivity index is 1.73. The van der Waals surface area contributed by atoms with E-state index in [0.717, 1.165) is 25.7 Å². The lowest BCUT2D eigenvalue weighted by molar-refractivity contribution is -0.138. The predicted molar refractivity (Wildman–Crippen MR) is 84.1 cm³/mol. The molecule has 2 saturated heterocycles. The molecule has 3 heterocycles. The molecule has 0 aliphatic carbocycles. The molecule has 23 heavy (non-hydrogen) atoms. The summed E-state index contributed by atoms with van der Waals surface area (Å²) in [4.78, 5) is 18.7. The van der Waals surface area contributed by atoms with Crippen LogP contribution in [0.2, 0.25) is 0 Å². The van der Waals surface area contributed by atoms with Crippen molar-refractivity contribution in [2.75, 3.05) is 25.9 Å². The van der Waals surface area contributed by atoms with Crippen LogP contribution in [0.15, 0.2) is 12.7 Å². The molecule has 2 aliphatic rings. The minimum absolute atomic E-state index is 0.0695. The number of hydrogen-bond acceptors (Lipinski definition) is 5. The van der Waals surface area contributed by atoms with E-state index in [1.165, 1.54) is 16.9 Å². The molecule has 0 bridgehead atoms. The van der Waals surface area contributed by atoms with E-state index in [4.69, 9.17) is 0 Å². The maximum atomic E-state index is 12.9. The van der Waals surface area contributed by atoms with Gasteiger partial charge in [-0.15, -0.1) is 0 Å². The smallest absolute Gasteiger partial charge is 0.241 e. The average Bonchev–Trinajstić information content (AvgIpc) is 3.08. The molecule has 2 fully saturated rings. The number of rotatable bonds is 3.